The van der Waals surface area contributed by atoms with Crippen molar-refractivity contribution >= 4 is 22.7 Å². The maximum absolute atomic E-state index is 12.5. The molecule has 1 atom stereocenters. The van der Waals surface area contributed by atoms with Crippen LogP contribution in [0.3, 0.4) is 0 Å². The number of hydrogen-bond donors (Lipinski definition) is 3. The first-order valence-electron chi connectivity index (χ1n) is 9.49. The normalized spacial score (nSPS) is 16.0. The minimum Gasteiger partial charge on any atom is -0.318 e. The third-order valence-electron chi connectivity index (χ3n) is 5.29. The van der Waals surface area contributed by atoms with Crippen molar-refractivity contribution < 1.29 is 9.00 Å². The van der Waals surface area contributed by atoms with Gasteiger partial charge in [0, 0.05) is 18.4 Å². The van der Waals surface area contributed by atoms with Crippen LogP contribution in [-0.4, -0.2) is 33.6 Å². The van der Waals surface area contributed by atoms with Crippen molar-refractivity contribution in [3.63, 3.8) is 0 Å². The molecule has 0 saturated heterocycles. The molecule has 144 valence electrons. The Balaban J connectivity index is 1.46. The van der Waals surface area contributed by atoms with Crippen LogP contribution in [-0.2, 0) is 43.2 Å². The lowest BCUT2D eigenvalue weighted by Gasteiger charge is -2.16. The predicted octanol–water partition coefficient (Wildman–Crippen LogP) is 1.92. The summed E-state index contributed by atoms with van der Waals surface area (Å²) in [5.74, 6) is 0. The molecule has 0 bridgehead atoms. The Morgan fingerprint density at radius 3 is 2.56 bits per heavy atom. The fraction of sp³-hybridized carbons (Fsp3) is 0.474. The molecule has 2 amide bonds. The third kappa shape index (κ3) is 3.77. The van der Waals surface area contributed by atoms with Crippen molar-refractivity contribution in [2.75, 3.05) is 18.9 Å². The van der Waals surface area contributed by atoms with Crippen molar-refractivity contribution in [3.8, 4) is 0 Å². The average molecular weight is 388 g/mol. The lowest BCUT2D eigenvalue weighted by molar-refractivity contribution is 0.257. The van der Waals surface area contributed by atoms with Crippen LogP contribution in [0, 0.1) is 0 Å². The van der Waals surface area contributed by atoms with Crippen LogP contribution >= 0.6 is 0 Å². The van der Waals surface area contributed by atoms with Crippen LogP contribution in [0.25, 0.3) is 0 Å². The Morgan fingerprint density at radius 1 is 1.19 bits per heavy atom. The predicted molar refractivity (Wildman–Crippen MR) is 105 cm³/mol. The molecule has 0 spiro atoms. The molecule has 7 nitrogen and oxygen atoms in total. The van der Waals surface area contributed by atoms with Crippen molar-refractivity contribution in [3.05, 3.63) is 40.6 Å². The highest BCUT2D eigenvalue weighted by Crippen LogP contribution is 2.38. The molecule has 27 heavy (non-hydrogen) atoms. The van der Waals surface area contributed by atoms with Gasteiger partial charge in [0.1, 0.15) is 0 Å². The number of fused-ring (bicyclic) bond motifs is 2. The molecule has 1 aromatic heterocycles. The number of amides is 2. The van der Waals surface area contributed by atoms with E-state index in [2.05, 4.69) is 26.5 Å². The zero-order valence-corrected chi connectivity index (χ0v) is 16.3. The Bertz CT molecular complexity index is 860. The van der Waals surface area contributed by atoms with Gasteiger partial charge in [-0.2, -0.15) is 5.10 Å². The SMILES string of the molecule is CNCCn1ccc(S(=O)NC(=O)Nc2c3c(cc4c2CCC4)CCC3)n1. The zero-order valence-electron chi connectivity index (χ0n) is 15.5. The molecule has 0 saturated carbocycles. The van der Waals surface area contributed by atoms with E-state index >= 15 is 0 Å². The molecule has 8 heteroatoms. The molecule has 3 N–H and O–H groups in total. The summed E-state index contributed by atoms with van der Waals surface area (Å²) in [6, 6.07) is 3.56. The van der Waals surface area contributed by atoms with E-state index in [1.54, 1.807) is 16.9 Å². The van der Waals surface area contributed by atoms with Crippen LogP contribution < -0.4 is 15.4 Å². The number of carbonyl (C=O) groups excluding carboxylic acids is 1. The number of nitrogens with zero attached hydrogens (tertiary/aromatic N) is 2. The molecule has 1 heterocycles. The summed E-state index contributed by atoms with van der Waals surface area (Å²) in [7, 11) is 0.184. The van der Waals surface area contributed by atoms with E-state index in [4.69, 9.17) is 0 Å². The second-order valence-corrected chi connectivity index (χ2v) is 8.24. The van der Waals surface area contributed by atoms with E-state index in [0.717, 1.165) is 50.8 Å². The molecule has 0 radical (unpaired) electrons. The Kier molecular flexibility index (Phi) is 5.27. The Labute approximate surface area is 161 Å². The van der Waals surface area contributed by atoms with E-state index in [1.165, 1.54) is 22.3 Å². The van der Waals surface area contributed by atoms with E-state index in [-0.39, 0.29) is 0 Å². The Hall–Kier alpha value is -2.19. The summed E-state index contributed by atoms with van der Waals surface area (Å²) < 4.78 is 16.7. The molecule has 2 aromatic rings. The molecule has 4 rings (SSSR count). The maximum atomic E-state index is 12.5. The van der Waals surface area contributed by atoms with Gasteiger partial charge in [-0.05, 0) is 73.9 Å². The van der Waals surface area contributed by atoms with Crippen LogP contribution in [0.2, 0.25) is 0 Å². The fourth-order valence-electron chi connectivity index (χ4n) is 4.04. The number of hydrogen-bond acceptors (Lipinski definition) is 4. The summed E-state index contributed by atoms with van der Waals surface area (Å²) in [6.45, 7) is 1.45. The minimum absolute atomic E-state index is 0.352. The standard InChI is InChI=1S/C19H25N5O2S/c1-20-9-11-24-10-8-17(22-24)27(26)23-19(25)21-18-15-6-2-4-13(15)12-14-5-3-7-16(14)18/h8,10,12,20H,2-7,9,11H2,1H3,(H2,21,23,25). The molecule has 0 aliphatic heterocycles. The summed E-state index contributed by atoms with van der Waals surface area (Å²) in [4.78, 5) is 12.5. The highest BCUT2D eigenvalue weighted by Gasteiger charge is 2.25. The van der Waals surface area contributed by atoms with Gasteiger partial charge in [-0.1, -0.05) is 6.07 Å². The monoisotopic (exact) mass is 387 g/mol. The van der Waals surface area contributed by atoms with Gasteiger partial charge in [0.05, 0.1) is 6.54 Å². The van der Waals surface area contributed by atoms with Crippen molar-refractivity contribution in [1.82, 2.24) is 19.8 Å². The quantitative estimate of drug-likeness (QED) is 0.707. The first-order chi connectivity index (χ1) is 13.2. The van der Waals surface area contributed by atoms with Crippen molar-refractivity contribution in [2.45, 2.75) is 50.1 Å². The molecule has 2 aliphatic carbocycles. The zero-order chi connectivity index (χ0) is 18.8. The second kappa shape index (κ2) is 7.82. The average Bonchev–Trinajstić information content (AvgIpc) is 3.39. The van der Waals surface area contributed by atoms with Gasteiger partial charge in [-0.3, -0.25) is 9.40 Å². The number of likely N-dealkylation sites (N-methyl/N-ethyl adjacent to an activating group) is 1. The highest BCUT2D eigenvalue weighted by atomic mass is 32.2. The van der Waals surface area contributed by atoms with E-state index < -0.39 is 17.0 Å². The molecule has 0 fully saturated rings. The second-order valence-electron chi connectivity index (χ2n) is 7.08. The van der Waals surface area contributed by atoms with Crippen molar-refractivity contribution in [1.29, 1.82) is 0 Å². The van der Waals surface area contributed by atoms with Gasteiger partial charge in [0.15, 0.2) is 16.0 Å². The van der Waals surface area contributed by atoms with Gasteiger partial charge in [-0.15, -0.1) is 0 Å². The van der Waals surface area contributed by atoms with Crippen LogP contribution in [0.4, 0.5) is 10.5 Å². The molecular formula is C19H25N5O2S. The number of rotatable bonds is 6. The van der Waals surface area contributed by atoms with E-state index in [0.29, 0.717) is 11.6 Å². The van der Waals surface area contributed by atoms with Gasteiger partial charge < -0.3 is 10.6 Å². The number of aromatic nitrogens is 2. The van der Waals surface area contributed by atoms with Crippen LogP contribution in [0.1, 0.15) is 35.1 Å². The number of nitrogens with one attached hydrogen (secondary N) is 3. The van der Waals surface area contributed by atoms with Gasteiger partial charge in [0.25, 0.3) is 0 Å². The minimum atomic E-state index is -1.68. The largest absolute Gasteiger partial charge is 0.331 e. The first-order valence-corrected chi connectivity index (χ1v) is 10.6. The summed E-state index contributed by atoms with van der Waals surface area (Å²) >= 11 is 0. The van der Waals surface area contributed by atoms with Crippen LogP contribution in [0.15, 0.2) is 23.4 Å². The van der Waals surface area contributed by atoms with E-state index in [9.17, 15) is 9.00 Å². The fourth-order valence-corrected chi connectivity index (χ4v) is 4.72. The number of anilines is 1. The van der Waals surface area contributed by atoms with Crippen LogP contribution in [0.5, 0.6) is 0 Å². The topological polar surface area (TPSA) is 88.0 Å². The molecule has 2 aliphatic rings. The number of aryl methyl sites for hydroxylation is 2. The summed E-state index contributed by atoms with van der Waals surface area (Å²) in [5, 5.41) is 10.6. The summed E-state index contributed by atoms with van der Waals surface area (Å²) in [5.41, 5.74) is 6.18. The number of urea groups is 1. The highest BCUT2D eigenvalue weighted by molar-refractivity contribution is 7.83. The molecule has 1 unspecified atom stereocenters. The van der Waals surface area contributed by atoms with Gasteiger partial charge in [0.2, 0.25) is 0 Å². The van der Waals surface area contributed by atoms with E-state index in [1.807, 2.05) is 7.05 Å². The molecule has 1 aromatic carbocycles. The third-order valence-corrected chi connectivity index (χ3v) is 6.26. The maximum Gasteiger partial charge on any atom is 0.331 e. The van der Waals surface area contributed by atoms with Gasteiger partial charge >= 0.3 is 6.03 Å². The number of carbonyl (C=O) groups is 1. The Morgan fingerprint density at radius 2 is 1.89 bits per heavy atom. The smallest absolute Gasteiger partial charge is 0.318 e. The van der Waals surface area contributed by atoms with Crippen molar-refractivity contribution in [2.24, 2.45) is 0 Å². The van der Waals surface area contributed by atoms with Gasteiger partial charge in [-0.25, -0.2) is 9.00 Å². The number of benzene rings is 1. The lowest BCUT2D eigenvalue weighted by atomic mass is 9.99. The molecular weight excluding hydrogens is 362 g/mol. The first kappa shape index (κ1) is 18.2. The summed E-state index contributed by atoms with van der Waals surface area (Å²) in [6.07, 6.45) is 8.17. The lowest BCUT2D eigenvalue weighted by Crippen LogP contribution is -2.31.